The van der Waals surface area contributed by atoms with E-state index in [4.69, 9.17) is 9.47 Å². The first-order valence-corrected chi connectivity index (χ1v) is 12.4. The van der Waals surface area contributed by atoms with Gasteiger partial charge in [0, 0.05) is 23.3 Å². The number of fused-ring (bicyclic) bond motifs is 1. The Kier molecular flexibility index (Phi) is 7.69. The van der Waals surface area contributed by atoms with Crippen LogP contribution in [0.2, 0.25) is 0 Å². The number of methoxy groups -OCH3 is 1. The van der Waals surface area contributed by atoms with Gasteiger partial charge in [0.1, 0.15) is 6.61 Å². The molecule has 0 atom stereocenters. The molecule has 0 aliphatic carbocycles. The third-order valence-electron chi connectivity index (χ3n) is 6.25. The maximum absolute atomic E-state index is 13.5. The van der Waals surface area contributed by atoms with Crippen LogP contribution in [-0.4, -0.2) is 27.9 Å². The maximum atomic E-state index is 13.5. The molecule has 0 saturated heterocycles. The lowest BCUT2D eigenvalue weighted by atomic mass is 10.1. The van der Waals surface area contributed by atoms with Crippen molar-refractivity contribution in [1.82, 2.24) is 9.66 Å². The zero-order chi connectivity index (χ0) is 29.9. The second-order valence-corrected chi connectivity index (χ2v) is 8.99. The third kappa shape index (κ3) is 5.82. The molecular weight excluding hydrogens is 553 g/mol. The van der Waals surface area contributed by atoms with Crippen molar-refractivity contribution in [3.8, 4) is 22.9 Å². The summed E-state index contributed by atoms with van der Waals surface area (Å²) >= 11 is 0. The number of halogens is 3. The van der Waals surface area contributed by atoms with Gasteiger partial charge in [-0.3, -0.25) is 14.9 Å². The largest absolute Gasteiger partial charge is 0.493 e. The highest BCUT2D eigenvalue weighted by molar-refractivity contribution is 5.86. The quantitative estimate of drug-likeness (QED) is 0.120. The standard InChI is InChI=1S/C30H21F3N4O5/c1-41-26-14-6-9-21(27(26)42-18-19-7-4-11-23(15-19)37(39)40)17-34-36-28(20-8-5-10-22(16-20)30(31,32)33)35-25-13-3-2-12-24(25)29(36)38/h2-17H,18H2,1H3. The first-order valence-electron chi connectivity index (χ1n) is 12.4. The number of para-hydroxylation sites is 2. The van der Waals surface area contributed by atoms with E-state index in [-0.39, 0.29) is 34.8 Å². The molecule has 5 aromatic rings. The second kappa shape index (κ2) is 11.5. The number of non-ortho nitro benzene ring substituents is 1. The van der Waals surface area contributed by atoms with Crippen LogP contribution >= 0.6 is 0 Å². The number of ether oxygens (including phenoxy) is 2. The minimum atomic E-state index is -4.60. The van der Waals surface area contributed by atoms with Crippen molar-refractivity contribution in [2.24, 2.45) is 5.10 Å². The van der Waals surface area contributed by atoms with Crippen LogP contribution in [0.4, 0.5) is 18.9 Å². The Balaban J connectivity index is 1.59. The lowest BCUT2D eigenvalue weighted by molar-refractivity contribution is -0.384. The van der Waals surface area contributed by atoms with Crippen LogP contribution in [0.1, 0.15) is 16.7 Å². The summed E-state index contributed by atoms with van der Waals surface area (Å²) in [4.78, 5) is 28.6. The Hall–Kier alpha value is -5.52. The van der Waals surface area contributed by atoms with Gasteiger partial charge in [0.2, 0.25) is 0 Å². The van der Waals surface area contributed by atoms with Gasteiger partial charge in [-0.25, -0.2) is 4.98 Å². The Bertz CT molecular complexity index is 1890. The van der Waals surface area contributed by atoms with Gasteiger partial charge in [-0.15, -0.1) is 0 Å². The fourth-order valence-electron chi connectivity index (χ4n) is 4.24. The molecule has 42 heavy (non-hydrogen) atoms. The Morgan fingerprint density at radius 2 is 1.76 bits per heavy atom. The molecule has 1 aromatic heterocycles. The number of nitrogens with zero attached hydrogens (tertiary/aromatic N) is 4. The maximum Gasteiger partial charge on any atom is 0.416 e. The third-order valence-corrected chi connectivity index (χ3v) is 6.25. The number of alkyl halides is 3. The minimum absolute atomic E-state index is 0.0395. The van der Waals surface area contributed by atoms with Crippen LogP contribution in [0.25, 0.3) is 22.3 Å². The van der Waals surface area contributed by atoms with E-state index in [1.807, 2.05) is 0 Å². The second-order valence-electron chi connectivity index (χ2n) is 8.99. The molecule has 0 fully saturated rings. The van der Waals surface area contributed by atoms with Gasteiger partial charge < -0.3 is 9.47 Å². The van der Waals surface area contributed by atoms with E-state index in [1.165, 1.54) is 43.7 Å². The number of rotatable bonds is 8. The van der Waals surface area contributed by atoms with Gasteiger partial charge in [0.05, 0.1) is 34.7 Å². The molecule has 212 valence electrons. The van der Waals surface area contributed by atoms with Gasteiger partial charge in [0.15, 0.2) is 17.3 Å². The summed E-state index contributed by atoms with van der Waals surface area (Å²) < 4.78 is 52.8. The monoisotopic (exact) mass is 574 g/mol. The molecule has 0 unspecified atom stereocenters. The van der Waals surface area contributed by atoms with Crippen LogP contribution < -0.4 is 15.0 Å². The van der Waals surface area contributed by atoms with Crippen molar-refractivity contribution < 1.29 is 27.6 Å². The predicted molar refractivity (Wildman–Crippen MR) is 150 cm³/mol. The Morgan fingerprint density at radius 3 is 2.52 bits per heavy atom. The smallest absolute Gasteiger partial charge is 0.416 e. The lowest BCUT2D eigenvalue weighted by Gasteiger charge is -2.14. The van der Waals surface area contributed by atoms with Gasteiger partial charge in [0.25, 0.3) is 11.2 Å². The molecule has 0 radical (unpaired) electrons. The Labute approximate surface area is 236 Å². The fraction of sp³-hybridized carbons (Fsp3) is 0.100. The van der Waals surface area contributed by atoms with E-state index in [2.05, 4.69) is 10.1 Å². The van der Waals surface area contributed by atoms with Gasteiger partial charge in [-0.05, 0) is 42.0 Å². The van der Waals surface area contributed by atoms with Crippen LogP contribution in [0.15, 0.2) is 101 Å². The normalized spacial score (nSPS) is 11.6. The molecule has 0 spiro atoms. The van der Waals surface area contributed by atoms with Crippen LogP contribution in [0, 0.1) is 10.1 Å². The summed E-state index contributed by atoms with van der Waals surface area (Å²) in [5.41, 5.74) is -0.354. The summed E-state index contributed by atoms with van der Waals surface area (Å²) in [5, 5.41) is 15.7. The summed E-state index contributed by atoms with van der Waals surface area (Å²) in [6.45, 7) is -0.0458. The lowest BCUT2D eigenvalue weighted by Crippen LogP contribution is -2.20. The van der Waals surface area contributed by atoms with Crippen molar-refractivity contribution in [1.29, 1.82) is 0 Å². The SMILES string of the molecule is COc1cccc(C=Nn2c(-c3cccc(C(F)(F)F)c3)nc3ccccc3c2=O)c1OCc1cccc([N+](=O)[O-])c1. The minimum Gasteiger partial charge on any atom is -0.493 e. The van der Waals surface area contributed by atoms with E-state index in [0.29, 0.717) is 22.4 Å². The van der Waals surface area contributed by atoms with E-state index < -0.39 is 22.2 Å². The van der Waals surface area contributed by atoms with Crippen molar-refractivity contribution in [2.75, 3.05) is 7.11 Å². The molecule has 1 heterocycles. The van der Waals surface area contributed by atoms with Gasteiger partial charge >= 0.3 is 6.18 Å². The molecule has 0 saturated carbocycles. The van der Waals surface area contributed by atoms with Gasteiger partial charge in [-0.1, -0.05) is 42.5 Å². The van der Waals surface area contributed by atoms with Crippen LogP contribution in [0.5, 0.6) is 11.5 Å². The molecule has 0 N–H and O–H groups in total. The van der Waals surface area contributed by atoms with E-state index >= 15 is 0 Å². The van der Waals surface area contributed by atoms with E-state index in [1.54, 1.807) is 48.5 Å². The van der Waals surface area contributed by atoms with Crippen molar-refractivity contribution in [3.63, 3.8) is 0 Å². The first-order chi connectivity index (χ1) is 20.2. The van der Waals surface area contributed by atoms with Crippen molar-refractivity contribution in [2.45, 2.75) is 12.8 Å². The molecule has 0 bridgehead atoms. The molecule has 0 amide bonds. The number of nitro groups is 1. The molecule has 12 heteroatoms. The zero-order valence-corrected chi connectivity index (χ0v) is 21.9. The summed E-state index contributed by atoms with van der Waals surface area (Å²) in [6.07, 6.45) is -3.30. The predicted octanol–water partition coefficient (Wildman–Crippen LogP) is 6.46. The molecular formula is C30H21F3N4O5. The average molecular weight is 575 g/mol. The number of hydrogen-bond donors (Lipinski definition) is 0. The number of nitro benzene ring substituents is 1. The molecule has 4 aromatic carbocycles. The molecule has 0 aliphatic rings. The zero-order valence-electron chi connectivity index (χ0n) is 21.9. The van der Waals surface area contributed by atoms with E-state index in [0.717, 1.165) is 16.8 Å². The summed E-state index contributed by atoms with van der Waals surface area (Å²) in [7, 11) is 1.43. The van der Waals surface area contributed by atoms with Crippen molar-refractivity contribution in [3.05, 3.63) is 128 Å². The Morgan fingerprint density at radius 1 is 1.00 bits per heavy atom. The van der Waals surface area contributed by atoms with E-state index in [9.17, 15) is 28.1 Å². The summed E-state index contributed by atoms with van der Waals surface area (Å²) in [5.74, 6) is 0.465. The highest BCUT2D eigenvalue weighted by atomic mass is 19.4. The van der Waals surface area contributed by atoms with Crippen LogP contribution in [-0.2, 0) is 12.8 Å². The molecule has 0 aliphatic heterocycles. The number of benzene rings is 4. The molecule has 5 rings (SSSR count). The first kappa shape index (κ1) is 28.0. The van der Waals surface area contributed by atoms with Crippen LogP contribution in [0.3, 0.4) is 0 Å². The van der Waals surface area contributed by atoms with Gasteiger partial charge in [-0.2, -0.15) is 22.9 Å². The fourth-order valence-corrected chi connectivity index (χ4v) is 4.24. The van der Waals surface area contributed by atoms with Crippen molar-refractivity contribution >= 4 is 22.8 Å². The highest BCUT2D eigenvalue weighted by Crippen LogP contribution is 2.33. The summed E-state index contributed by atoms with van der Waals surface area (Å²) in [6, 6.07) is 21.8. The topological polar surface area (TPSA) is 109 Å². The number of hydrogen-bond acceptors (Lipinski definition) is 7. The number of aromatic nitrogens is 2. The highest BCUT2D eigenvalue weighted by Gasteiger charge is 2.31. The molecule has 9 nitrogen and oxygen atoms in total. The average Bonchev–Trinajstić information content (AvgIpc) is 2.99.